The summed E-state index contributed by atoms with van der Waals surface area (Å²) in [5.74, 6) is 0.968. The van der Waals surface area contributed by atoms with Crippen molar-refractivity contribution in [3.63, 3.8) is 0 Å². The van der Waals surface area contributed by atoms with Gasteiger partial charge in [0.1, 0.15) is 5.75 Å². The van der Waals surface area contributed by atoms with Crippen LogP contribution in [0.2, 0.25) is 0 Å². The first kappa shape index (κ1) is 17.2. The highest BCUT2D eigenvalue weighted by molar-refractivity contribution is 5.78. The van der Waals surface area contributed by atoms with E-state index in [-0.39, 0.29) is 5.91 Å². The van der Waals surface area contributed by atoms with E-state index in [1.54, 1.807) is 7.11 Å². The van der Waals surface area contributed by atoms with Crippen LogP contribution < -0.4 is 4.74 Å². The highest BCUT2D eigenvalue weighted by Gasteiger charge is 2.14. The Kier molecular flexibility index (Phi) is 6.96. The van der Waals surface area contributed by atoms with Gasteiger partial charge in [-0.15, -0.1) is 0 Å². The van der Waals surface area contributed by atoms with E-state index in [1.807, 2.05) is 55.0 Å². The number of carbonyl (C=O) groups is 1. The Hall–Kier alpha value is -1.81. The molecule has 0 saturated heterocycles. The molecule has 0 aliphatic carbocycles. The summed E-state index contributed by atoms with van der Waals surface area (Å²) in [4.78, 5) is 16.1. The summed E-state index contributed by atoms with van der Waals surface area (Å²) in [5.41, 5.74) is 2.13. The van der Waals surface area contributed by atoms with E-state index in [9.17, 15) is 4.79 Å². The second-order valence-corrected chi connectivity index (χ2v) is 5.39. The number of hydrogen-bond acceptors (Lipinski definition) is 3. The van der Waals surface area contributed by atoms with Crippen molar-refractivity contribution in [1.29, 1.82) is 0 Å². The van der Waals surface area contributed by atoms with Gasteiger partial charge < -0.3 is 9.64 Å². The molecule has 4 heteroatoms. The number of ether oxygens (including phenoxy) is 1. The van der Waals surface area contributed by atoms with Gasteiger partial charge in [0.05, 0.1) is 13.7 Å². The first-order valence-electron chi connectivity index (χ1n) is 7.19. The van der Waals surface area contributed by atoms with Crippen LogP contribution in [0.25, 0.3) is 0 Å². The van der Waals surface area contributed by atoms with Gasteiger partial charge in [-0.05, 0) is 38.6 Å². The fourth-order valence-electron chi connectivity index (χ4n) is 2.17. The van der Waals surface area contributed by atoms with Crippen molar-refractivity contribution in [2.24, 2.45) is 0 Å². The Morgan fingerprint density at radius 2 is 2.05 bits per heavy atom. The molecule has 4 nitrogen and oxygen atoms in total. The standard InChI is InChI=1S/C17H26N2O2/c1-6-19(11-14(2)3)17(20)13-18(4)12-15-8-7-9-16(10-15)21-5/h7-10H,2,6,11-13H2,1,3-5H3. The molecule has 0 aliphatic rings. The van der Waals surface area contributed by atoms with E-state index >= 15 is 0 Å². The van der Waals surface area contributed by atoms with Crippen LogP contribution in [0.3, 0.4) is 0 Å². The quantitative estimate of drug-likeness (QED) is 0.690. The predicted molar refractivity (Wildman–Crippen MR) is 86.4 cm³/mol. The van der Waals surface area contributed by atoms with Gasteiger partial charge >= 0.3 is 0 Å². The van der Waals surface area contributed by atoms with Crippen LogP contribution in [0.15, 0.2) is 36.4 Å². The molecule has 0 N–H and O–H groups in total. The van der Waals surface area contributed by atoms with E-state index in [1.165, 1.54) is 0 Å². The molecule has 21 heavy (non-hydrogen) atoms. The van der Waals surface area contributed by atoms with Gasteiger partial charge in [-0.2, -0.15) is 0 Å². The molecular formula is C17H26N2O2. The number of amides is 1. The predicted octanol–water partition coefficient (Wildman–Crippen LogP) is 2.55. The van der Waals surface area contributed by atoms with E-state index in [0.717, 1.165) is 16.9 Å². The number of rotatable bonds is 8. The summed E-state index contributed by atoms with van der Waals surface area (Å²) in [5, 5.41) is 0. The minimum Gasteiger partial charge on any atom is -0.497 e. The zero-order valence-corrected chi connectivity index (χ0v) is 13.6. The van der Waals surface area contributed by atoms with Gasteiger partial charge in [0.25, 0.3) is 0 Å². The van der Waals surface area contributed by atoms with Crippen molar-refractivity contribution < 1.29 is 9.53 Å². The average molecular weight is 290 g/mol. The molecule has 1 aromatic rings. The number of methoxy groups -OCH3 is 1. The summed E-state index contributed by atoms with van der Waals surface area (Å²) in [6, 6.07) is 7.91. The molecule has 0 heterocycles. The SMILES string of the molecule is C=C(C)CN(CC)C(=O)CN(C)Cc1cccc(OC)c1. The first-order valence-corrected chi connectivity index (χ1v) is 7.19. The number of hydrogen-bond donors (Lipinski definition) is 0. The smallest absolute Gasteiger partial charge is 0.237 e. The summed E-state index contributed by atoms with van der Waals surface area (Å²) >= 11 is 0. The van der Waals surface area contributed by atoms with Gasteiger partial charge in [0, 0.05) is 19.6 Å². The number of benzene rings is 1. The zero-order valence-electron chi connectivity index (χ0n) is 13.6. The Morgan fingerprint density at radius 3 is 2.62 bits per heavy atom. The number of nitrogens with zero attached hydrogens (tertiary/aromatic N) is 2. The highest BCUT2D eigenvalue weighted by Crippen LogP contribution is 2.13. The molecule has 0 radical (unpaired) electrons. The third-order valence-electron chi connectivity index (χ3n) is 3.19. The lowest BCUT2D eigenvalue weighted by molar-refractivity contribution is -0.131. The summed E-state index contributed by atoms with van der Waals surface area (Å²) in [7, 11) is 3.61. The van der Waals surface area contributed by atoms with Crippen molar-refractivity contribution in [2.75, 3.05) is 33.8 Å². The van der Waals surface area contributed by atoms with Crippen LogP contribution in [0.4, 0.5) is 0 Å². The molecule has 0 aliphatic heterocycles. The molecule has 0 spiro atoms. The molecule has 0 bridgehead atoms. The molecule has 1 amide bonds. The summed E-state index contributed by atoms with van der Waals surface area (Å²) in [6.45, 7) is 10.3. The summed E-state index contributed by atoms with van der Waals surface area (Å²) < 4.78 is 5.21. The van der Waals surface area contributed by atoms with Crippen molar-refractivity contribution in [1.82, 2.24) is 9.80 Å². The van der Waals surface area contributed by atoms with E-state index in [2.05, 4.69) is 6.58 Å². The van der Waals surface area contributed by atoms with Crippen LogP contribution in [-0.4, -0.2) is 49.5 Å². The van der Waals surface area contributed by atoms with Gasteiger partial charge in [0.2, 0.25) is 5.91 Å². The van der Waals surface area contributed by atoms with Gasteiger partial charge in [-0.25, -0.2) is 0 Å². The molecule has 1 rings (SSSR count). The maximum Gasteiger partial charge on any atom is 0.237 e. The lowest BCUT2D eigenvalue weighted by Gasteiger charge is -2.24. The van der Waals surface area contributed by atoms with Gasteiger partial charge in [0.15, 0.2) is 0 Å². The van der Waals surface area contributed by atoms with Crippen molar-refractivity contribution in [3.8, 4) is 5.75 Å². The second-order valence-electron chi connectivity index (χ2n) is 5.39. The number of carbonyl (C=O) groups excluding carboxylic acids is 1. The van der Waals surface area contributed by atoms with Crippen LogP contribution in [0, 0.1) is 0 Å². The molecule has 0 atom stereocenters. The monoisotopic (exact) mass is 290 g/mol. The van der Waals surface area contributed by atoms with Crippen LogP contribution in [-0.2, 0) is 11.3 Å². The Balaban J connectivity index is 2.57. The van der Waals surface area contributed by atoms with E-state index < -0.39 is 0 Å². The molecule has 0 saturated carbocycles. The maximum absolute atomic E-state index is 12.3. The topological polar surface area (TPSA) is 32.8 Å². The molecule has 1 aromatic carbocycles. The zero-order chi connectivity index (χ0) is 15.8. The fourth-order valence-corrected chi connectivity index (χ4v) is 2.17. The maximum atomic E-state index is 12.3. The highest BCUT2D eigenvalue weighted by atomic mass is 16.5. The first-order chi connectivity index (χ1) is 9.96. The fraction of sp³-hybridized carbons (Fsp3) is 0.471. The molecule has 0 aromatic heterocycles. The van der Waals surface area contributed by atoms with Crippen LogP contribution in [0.5, 0.6) is 5.75 Å². The third-order valence-corrected chi connectivity index (χ3v) is 3.19. The largest absolute Gasteiger partial charge is 0.497 e. The number of likely N-dealkylation sites (N-methyl/N-ethyl adjacent to an activating group) is 2. The molecule has 116 valence electrons. The second kappa shape index (κ2) is 8.47. The van der Waals surface area contributed by atoms with Crippen molar-refractivity contribution >= 4 is 5.91 Å². The Bertz CT molecular complexity index is 485. The van der Waals surface area contributed by atoms with Crippen LogP contribution in [0.1, 0.15) is 19.4 Å². The molecule has 0 unspecified atom stereocenters. The van der Waals surface area contributed by atoms with E-state index in [4.69, 9.17) is 4.74 Å². The minimum atomic E-state index is 0.130. The van der Waals surface area contributed by atoms with Crippen molar-refractivity contribution in [3.05, 3.63) is 42.0 Å². The lowest BCUT2D eigenvalue weighted by atomic mass is 10.2. The third kappa shape index (κ3) is 6.00. The van der Waals surface area contributed by atoms with E-state index in [0.29, 0.717) is 26.2 Å². The molecule has 0 fully saturated rings. The summed E-state index contributed by atoms with van der Waals surface area (Å²) in [6.07, 6.45) is 0. The normalized spacial score (nSPS) is 10.5. The average Bonchev–Trinajstić information content (AvgIpc) is 2.44. The lowest BCUT2D eigenvalue weighted by Crippen LogP contribution is -2.39. The Labute approximate surface area is 128 Å². The van der Waals surface area contributed by atoms with Gasteiger partial charge in [-0.1, -0.05) is 24.3 Å². The van der Waals surface area contributed by atoms with Gasteiger partial charge in [-0.3, -0.25) is 9.69 Å². The minimum absolute atomic E-state index is 0.130. The van der Waals surface area contributed by atoms with Crippen molar-refractivity contribution in [2.45, 2.75) is 20.4 Å². The van der Waals surface area contributed by atoms with Crippen LogP contribution >= 0.6 is 0 Å². The molecular weight excluding hydrogens is 264 g/mol. The Morgan fingerprint density at radius 1 is 1.33 bits per heavy atom.